The number of nitrogens with one attached hydrogen (secondary N) is 6. The van der Waals surface area contributed by atoms with Gasteiger partial charge >= 0.3 is 12.1 Å². The normalized spacial score (nSPS) is 12.7. The van der Waals surface area contributed by atoms with Gasteiger partial charge in [0.25, 0.3) is 0 Å². The Morgan fingerprint density at radius 3 is 1.86 bits per heavy atom. The molecule has 5 aromatic carbocycles. The number of hydrogen-bond donors (Lipinski definition) is 8. The van der Waals surface area contributed by atoms with E-state index in [1.165, 1.54) is 31.5 Å². The van der Waals surface area contributed by atoms with E-state index >= 15 is 0 Å². The average Bonchev–Trinajstić information content (AvgIpc) is 3.20. The Bertz CT molecular complexity index is 2350. The molecule has 0 atom stereocenters. The smallest absolute Gasteiger partial charge is 0.323 e. The highest BCUT2D eigenvalue weighted by Crippen LogP contribution is 2.38. The molecular weight excluding hydrogens is 878 g/mol. The van der Waals surface area contributed by atoms with Crippen molar-refractivity contribution in [1.29, 1.82) is 0 Å². The molecule has 1 aliphatic carbocycles. The highest BCUT2D eigenvalue weighted by Gasteiger charge is 2.18. The topological polar surface area (TPSA) is 181 Å². The van der Waals surface area contributed by atoms with E-state index < -0.39 is 16.1 Å². The summed E-state index contributed by atoms with van der Waals surface area (Å²) in [5.41, 5.74) is 2.65. The second-order valence-electron chi connectivity index (χ2n) is 13.3. The van der Waals surface area contributed by atoms with Gasteiger partial charge in [0.1, 0.15) is 0 Å². The summed E-state index contributed by atoms with van der Waals surface area (Å²) in [7, 11) is -3.58. The molecule has 0 aliphatic heterocycles. The number of rotatable bonds is 12. The Kier molecular flexibility index (Phi) is 16.6. The van der Waals surface area contributed by atoms with E-state index in [2.05, 4.69) is 31.3 Å². The Hall–Kier alpha value is -4.70. The van der Waals surface area contributed by atoms with E-state index in [0.717, 1.165) is 41.0 Å². The van der Waals surface area contributed by atoms with Crippen LogP contribution >= 0.6 is 58.2 Å². The molecule has 4 amide bonds. The van der Waals surface area contributed by atoms with Gasteiger partial charge in [0.15, 0.2) is 11.5 Å². The molecule has 1 fully saturated rings. The van der Waals surface area contributed by atoms with E-state index in [-0.39, 0.29) is 45.1 Å². The van der Waals surface area contributed by atoms with Crippen LogP contribution < -0.4 is 31.3 Å². The lowest BCUT2D eigenvalue weighted by Crippen LogP contribution is -2.39. The molecule has 312 valence electrons. The third-order valence-corrected chi connectivity index (χ3v) is 12.3. The van der Waals surface area contributed by atoms with Gasteiger partial charge < -0.3 is 36.8 Å². The third-order valence-electron chi connectivity index (χ3n) is 8.81. The van der Waals surface area contributed by atoms with Gasteiger partial charge in [-0.25, -0.2) is 18.0 Å². The minimum absolute atomic E-state index is 0.0562. The zero-order valence-corrected chi connectivity index (χ0v) is 36.3. The molecule has 0 radical (unpaired) electrons. The van der Waals surface area contributed by atoms with E-state index in [0.29, 0.717) is 39.3 Å². The largest absolute Gasteiger partial charge is 0.504 e. The summed E-state index contributed by atoms with van der Waals surface area (Å²) in [6.45, 7) is 1.90. The highest BCUT2D eigenvalue weighted by atomic mass is 35.5. The molecule has 5 aromatic rings. The molecule has 59 heavy (non-hydrogen) atoms. The number of benzene rings is 5. The summed E-state index contributed by atoms with van der Waals surface area (Å²) >= 11 is 25.6. The molecule has 0 unspecified atom stereocenters. The van der Waals surface area contributed by atoms with Gasteiger partial charge in [0.05, 0.1) is 27.2 Å². The lowest BCUT2D eigenvalue weighted by molar-refractivity contribution is 0.244. The van der Waals surface area contributed by atoms with Gasteiger partial charge in [-0.1, -0.05) is 95.6 Å². The molecule has 0 aromatic heterocycles. The molecule has 18 heteroatoms. The van der Waals surface area contributed by atoms with Crippen molar-refractivity contribution in [2.45, 2.75) is 61.4 Å². The number of amides is 4. The van der Waals surface area contributed by atoms with Crippen molar-refractivity contribution in [2.24, 2.45) is 0 Å². The van der Waals surface area contributed by atoms with Gasteiger partial charge in [0, 0.05) is 49.5 Å². The molecule has 0 heterocycles. The molecular formula is C41H42Cl4N6O6S2. The highest BCUT2D eigenvalue weighted by molar-refractivity contribution is 7.99. The van der Waals surface area contributed by atoms with Crippen molar-refractivity contribution >= 4 is 109 Å². The summed E-state index contributed by atoms with van der Waals surface area (Å²) in [5.74, 6) is -0.630. The predicted octanol–water partition coefficient (Wildman–Crippen LogP) is 12.0. The standard InChI is InChI=1S/C26H20Cl3N3O2S.C15H22ClN3O4S/c27-17-5-9-19(10-6-17)31-26(34)32-20-13-22(29)25(33)23(14-20)30-15-16-3-1-2-4-24(16)35-21-11-7-18(28)8-12-21;1-2-24(22,23)19-13-9-11(8-12(16)14(13)20)18-15(21)17-10-6-4-3-5-7-10/h1-14,30,33H,15H2,(H2,31,32,34);8-10,19-20H,2-7H2,1H3,(H2,17,18,21). The van der Waals surface area contributed by atoms with E-state index in [9.17, 15) is 28.2 Å². The van der Waals surface area contributed by atoms with Crippen LogP contribution in [0.2, 0.25) is 20.1 Å². The van der Waals surface area contributed by atoms with Crippen molar-refractivity contribution in [3.05, 3.63) is 123 Å². The summed E-state index contributed by atoms with van der Waals surface area (Å²) in [6.07, 6.45) is 5.28. The summed E-state index contributed by atoms with van der Waals surface area (Å²) < 4.78 is 25.6. The molecule has 1 saturated carbocycles. The number of hydrogen-bond acceptors (Lipinski definition) is 8. The van der Waals surface area contributed by atoms with Gasteiger partial charge in [-0.15, -0.1) is 0 Å². The molecule has 0 saturated heterocycles. The predicted molar refractivity (Wildman–Crippen MR) is 242 cm³/mol. The molecule has 0 bridgehead atoms. The number of sulfonamides is 1. The Morgan fingerprint density at radius 1 is 0.695 bits per heavy atom. The minimum Gasteiger partial charge on any atom is -0.504 e. The van der Waals surface area contributed by atoms with Crippen LogP contribution in [-0.2, 0) is 16.6 Å². The van der Waals surface area contributed by atoms with Crippen molar-refractivity contribution < 1.29 is 28.2 Å². The number of halogens is 4. The molecule has 0 spiro atoms. The number of aromatic hydroxyl groups is 2. The van der Waals surface area contributed by atoms with Crippen molar-refractivity contribution in [3.63, 3.8) is 0 Å². The lowest BCUT2D eigenvalue weighted by atomic mass is 9.96. The Labute approximate surface area is 367 Å². The van der Waals surface area contributed by atoms with Crippen LogP contribution in [-0.4, -0.2) is 42.5 Å². The number of phenolic OH excluding ortho intramolecular Hbond substituents is 2. The SMILES string of the molecule is CCS(=O)(=O)Nc1cc(NC(=O)NC2CCCCC2)cc(Cl)c1O.O=C(Nc1ccc(Cl)cc1)Nc1cc(Cl)c(O)c(NCc2ccccc2Sc2ccc(Cl)cc2)c1. The zero-order valence-electron chi connectivity index (χ0n) is 31.6. The number of carbonyl (C=O) groups excluding carboxylic acids is 2. The Morgan fingerprint density at radius 2 is 1.24 bits per heavy atom. The molecule has 12 nitrogen and oxygen atoms in total. The van der Waals surface area contributed by atoms with Crippen LogP contribution in [0.4, 0.5) is 38.0 Å². The number of urea groups is 2. The second-order valence-corrected chi connectivity index (χ2v) is 18.1. The first-order valence-electron chi connectivity index (χ1n) is 18.4. The fourth-order valence-electron chi connectivity index (χ4n) is 5.79. The summed E-state index contributed by atoms with van der Waals surface area (Å²) in [4.78, 5) is 26.6. The second kappa shape index (κ2) is 21.5. The maximum atomic E-state index is 12.4. The van der Waals surface area contributed by atoms with Crippen LogP contribution in [0.3, 0.4) is 0 Å². The van der Waals surface area contributed by atoms with Crippen LogP contribution in [0, 0.1) is 0 Å². The molecule has 1 aliphatic rings. The van der Waals surface area contributed by atoms with Gasteiger partial charge in [-0.3, -0.25) is 4.72 Å². The van der Waals surface area contributed by atoms with Crippen molar-refractivity contribution in [3.8, 4) is 11.5 Å². The quantitative estimate of drug-likeness (QED) is 0.0450. The van der Waals surface area contributed by atoms with Crippen LogP contribution in [0.5, 0.6) is 11.5 Å². The van der Waals surface area contributed by atoms with Crippen LogP contribution in [0.15, 0.2) is 107 Å². The van der Waals surface area contributed by atoms with Gasteiger partial charge in [0.2, 0.25) is 10.0 Å². The maximum absolute atomic E-state index is 12.4. The minimum atomic E-state index is -3.58. The first-order chi connectivity index (χ1) is 28.2. The van der Waals surface area contributed by atoms with E-state index in [1.54, 1.807) is 42.1 Å². The first-order valence-corrected chi connectivity index (χ1v) is 22.4. The first kappa shape index (κ1) is 45.4. The van der Waals surface area contributed by atoms with E-state index in [4.69, 9.17) is 46.4 Å². The van der Waals surface area contributed by atoms with Crippen molar-refractivity contribution in [2.75, 3.05) is 31.7 Å². The number of anilines is 5. The number of phenols is 2. The van der Waals surface area contributed by atoms with Gasteiger partial charge in [-0.2, -0.15) is 0 Å². The third kappa shape index (κ3) is 14.2. The van der Waals surface area contributed by atoms with Crippen molar-refractivity contribution in [1.82, 2.24) is 5.32 Å². The average molecular weight is 921 g/mol. The van der Waals surface area contributed by atoms with Gasteiger partial charge in [-0.05, 0) is 104 Å². The summed E-state index contributed by atoms with van der Waals surface area (Å²) in [6, 6.07) is 27.4. The maximum Gasteiger partial charge on any atom is 0.323 e. The van der Waals surface area contributed by atoms with E-state index in [1.807, 2.05) is 48.5 Å². The number of carbonyl (C=O) groups is 2. The lowest BCUT2D eigenvalue weighted by Gasteiger charge is -2.23. The molecule has 6 rings (SSSR count). The Balaban J connectivity index is 0.000000241. The monoisotopic (exact) mass is 918 g/mol. The van der Waals surface area contributed by atoms with Crippen LogP contribution in [0.1, 0.15) is 44.6 Å². The summed E-state index contributed by atoms with van der Waals surface area (Å²) in [5, 5.41) is 35.8. The van der Waals surface area contributed by atoms with Crippen LogP contribution in [0.25, 0.3) is 0 Å². The fourth-order valence-corrected chi connectivity index (χ4v) is 8.06. The molecule has 8 N–H and O–H groups in total. The fraction of sp³-hybridized carbons (Fsp3) is 0.220. The zero-order chi connectivity index (χ0) is 42.5.